The highest BCUT2D eigenvalue weighted by Gasteiger charge is 2.28. The molecular weight excluding hydrogens is 725 g/mol. The van der Waals surface area contributed by atoms with Gasteiger partial charge >= 0.3 is 25.7 Å². The van der Waals surface area contributed by atoms with Crippen LogP contribution >= 0.6 is 7.82 Å². The first-order valence-corrected chi connectivity index (χ1v) is 21.6. The lowest BCUT2D eigenvalue weighted by Crippen LogP contribution is -2.34. The van der Waals surface area contributed by atoms with E-state index in [-0.39, 0.29) is 12.8 Å². The van der Waals surface area contributed by atoms with E-state index in [9.17, 15) is 28.9 Å². The molecule has 0 aromatic carbocycles. The summed E-state index contributed by atoms with van der Waals surface area (Å²) in [6.07, 6.45) is 39.3. The number of phosphoric acid groups is 1. The number of aliphatic carboxylic acids is 1. The van der Waals surface area contributed by atoms with E-state index in [1.165, 1.54) is 25.7 Å². The number of phosphoric ester groups is 1. The van der Waals surface area contributed by atoms with Crippen molar-refractivity contribution < 1.29 is 52.6 Å². The largest absolute Gasteiger partial charge is 0.480 e. The quantitative estimate of drug-likeness (QED) is 0.0155. The number of unbranched alkanes of at least 4 members (excludes halogenated alkanes) is 10. The van der Waals surface area contributed by atoms with E-state index in [1.54, 1.807) is 6.08 Å². The van der Waals surface area contributed by atoms with Crippen LogP contribution in [0.4, 0.5) is 0 Å². The van der Waals surface area contributed by atoms with Crippen LogP contribution in [0.15, 0.2) is 72.9 Å². The van der Waals surface area contributed by atoms with Crippen LogP contribution in [0.3, 0.4) is 0 Å². The molecule has 0 radical (unpaired) electrons. The normalized spacial score (nSPS) is 15.1. The molecular formula is C42H70NO11P. The highest BCUT2D eigenvalue weighted by atomic mass is 31.2. The first-order valence-electron chi connectivity index (χ1n) is 20.1. The SMILES string of the molecule is CCCCCC/C=C\CCCCCCCC(=O)O[C@H](COC(=O)CCC/C=C\C/C=C\C/C=C\C/C=C\C=C\[C@@H](O)CC)COP(=O)(O)OC[C@H](N)C(=O)O. The summed E-state index contributed by atoms with van der Waals surface area (Å²) >= 11 is 0. The van der Waals surface area contributed by atoms with E-state index in [2.05, 4.69) is 47.9 Å². The molecule has 4 atom stereocenters. The van der Waals surface area contributed by atoms with Crippen LogP contribution in [0.25, 0.3) is 0 Å². The van der Waals surface area contributed by atoms with Crippen molar-refractivity contribution >= 4 is 25.7 Å². The molecule has 0 fully saturated rings. The zero-order valence-corrected chi connectivity index (χ0v) is 34.2. The molecule has 0 bridgehead atoms. The smallest absolute Gasteiger partial charge is 0.472 e. The zero-order chi connectivity index (χ0) is 40.8. The number of carbonyl (C=O) groups is 3. The van der Waals surface area contributed by atoms with Gasteiger partial charge in [0.2, 0.25) is 0 Å². The van der Waals surface area contributed by atoms with E-state index >= 15 is 0 Å². The van der Waals surface area contributed by atoms with E-state index in [0.29, 0.717) is 25.7 Å². The van der Waals surface area contributed by atoms with E-state index in [4.69, 9.17) is 24.8 Å². The van der Waals surface area contributed by atoms with Gasteiger partial charge in [0.25, 0.3) is 0 Å². The minimum atomic E-state index is -4.74. The Kier molecular flexibility index (Phi) is 34.4. The second kappa shape index (κ2) is 36.5. The number of carboxylic acid groups (broad SMARTS) is 1. The van der Waals surface area contributed by atoms with E-state index in [1.807, 2.05) is 37.3 Å². The molecule has 55 heavy (non-hydrogen) atoms. The number of hydrogen-bond donors (Lipinski definition) is 4. The zero-order valence-electron chi connectivity index (χ0n) is 33.3. The van der Waals surface area contributed by atoms with Gasteiger partial charge in [0.15, 0.2) is 6.10 Å². The lowest BCUT2D eigenvalue weighted by atomic mass is 10.1. The number of nitrogens with two attached hydrogens (primary N) is 1. The summed E-state index contributed by atoms with van der Waals surface area (Å²) in [6, 6.07) is -1.54. The van der Waals surface area contributed by atoms with Gasteiger partial charge < -0.3 is 30.3 Å². The Labute approximate surface area is 330 Å². The number of esters is 2. The van der Waals surface area contributed by atoms with Gasteiger partial charge in [-0.15, -0.1) is 0 Å². The minimum Gasteiger partial charge on any atom is -0.480 e. The predicted molar refractivity (Wildman–Crippen MR) is 218 cm³/mol. The van der Waals surface area contributed by atoms with E-state index in [0.717, 1.165) is 57.8 Å². The highest BCUT2D eigenvalue weighted by molar-refractivity contribution is 7.47. The fourth-order valence-corrected chi connectivity index (χ4v) is 5.53. The van der Waals surface area contributed by atoms with Crippen molar-refractivity contribution in [2.45, 2.75) is 154 Å². The Morgan fingerprint density at radius 1 is 0.655 bits per heavy atom. The maximum absolute atomic E-state index is 12.6. The molecule has 0 aliphatic carbocycles. The van der Waals surface area contributed by atoms with Gasteiger partial charge in [-0.3, -0.25) is 23.4 Å². The molecule has 0 saturated heterocycles. The van der Waals surface area contributed by atoms with Crippen LogP contribution in [0.1, 0.15) is 136 Å². The van der Waals surface area contributed by atoms with Gasteiger partial charge in [-0.1, -0.05) is 125 Å². The van der Waals surface area contributed by atoms with Crippen LogP contribution in [-0.4, -0.2) is 71.1 Å². The molecule has 1 unspecified atom stereocenters. The fraction of sp³-hybridized carbons (Fsp3) is 0.643. The van der Waals surface area contributed by atoms with Crippen molar-refractivity contribution in [2.75, 3.05) is 19.8 Å². The second-order valence-electron chi connectivity index (χ2n) is 13.2. The van der Waals surface area contributed by atoms with Gasteiger partial charge in [-0.25, -0.2) is 4.57 Å². The van der Waals surface area contributed by atoms with Crippen molar-refractivity contribution in [3.63, 3.8) is 0 Å². The van der Waals surface area contributed by atoms with Crippen LogP contribution in [0.2, 0.25) is 0 Å². The first-order chi connectivity index (χ1) is 26.5. The Balaban J connectivity index is 4.55. The van der Waals surface area contributed by atoms with Crippen molar-refractivity contribution in [1.29, 1.82) is 0 Å². The number of carbonyl (C=O) groups excluding carboxylic acids is 2. The molecule has 13 heteroatoms. The fourth-order valence-electron chi connectivity index (χ4n) is 4.75. The number of hydrogen-bond acceptors (Lipinski definition) is 10. The monoisotopic (exact) mass is 795 g/mol. The average molecular weight is 796 g/mol. The van der Waals surface area contributed by atoms with Gasteiger partial charge in [-0.05, 0) is 70.6 Å². The molecule has 0 amide bonds. The summed E-state index contributed by atoms with van der Waals surface area (Å²) in [6.45, 7) is 2.35. The number of aliphatic hydroxyl groups excluding tert-OH is 1. The number of aliphatic hydroxyl groups is 1. The summed E-state index contributed by atoms with van der Waals surface area (Å²) in [5, 5.41) is 18.3. The summed E-state index contributed by atoms with van der Waals surface area (Å²) < 4.78 is 32.5. The molecule has 0 saturated carbocycles. The van der Waals surface area contributed by atoms with Gasteiger partial charge in [0.05, 0.1) is 19.3 Å². The summed E-state index contributed by atoms with van der Waals surface area (Å²) in [4.78, 5) is 45.8. The molecule has 0 spiro atoms. The van der Waals surface area contributed by atoms with Crippen molar-refractivity contribution in [3.8, 4) is 0 Å². The third-order valence-electron chi connectivity index (χ3n) is 8.10. The first kappa shape index (κ1) is 51.9. The van der Waals surface area contributed by atoms with Crippen molar-refractivity contribution in [2.24, 2.45) is 5.73 Å². The third kappa shape index (κ3) is 36.3. The molecule has 314 valence electrons. The molecule has 12 nitrogen and oxygen atoms in total. The van der Waals surface area contributed by atoms with Crippen LogP contribution in [0.5, 0.6) is 0 Å². The number of allylic oxidation sites excluding steroid dienone is 11. The lowest BCUT2D eigenvalue weighted by Gasteiger charge is -2.20. The van der Waals surface area contributed by atoms with Gasteiger partial charge in [0, 0.05) is 12.8 Å². The second-order valence-corrected chi connectivity index (χ2v) is 14.7. The van der Waals surface area contributed by atoms with Crippen LogP contribution in [-0.2, 0) is 37.5 Å². The van der Waals surface area contributed by atoms with Crippen LogP contribution in [0, 0.1) is 0 Å². The van der Waals surface area contributed by atoms with E-state index < -0.39 is 63.8 Å². The number of rotatable bonds is 36. The minimum absolute atomic E-state index is 0.124. The molecule has 0 aromatic rings. The lowest BCUT2D eigenvalue weighted by molar-refractivity contribution is -0.161. The summed E-state index contributed by atoms with van der Waals surface area (Å²) in [5.41, 5.74) is 5.31. The van der Waals surface area contributed by atoms with Crippen molar-refractivity contribution in [3.05, 3.63) is 72.9 Å². The Hall–Kier alpha value is -3.12. The Morgan fingerprint density at radius 3 is 1.82 bits per heavy atom. The predicted octanol–water partition coefficient (Wildman–Crippen LogP) is 9.14. The Bertz CT molecular complexity index is 1230. The maximum atomic E-state index is 12.6. The topological polar surface area (TPSA) is 192 Å². The van der Waals surface area contributed by atoms with Crippen molar-refractivity contribution in [1.82, 2.24) is 0 Å². The Morgan fingerprint density at radius 2 is 1.18 bits per heavy atom. The average Bonchev–Trinajstić information content (AvgIpc) is 3.16. The third-order valence-corrected chi connectivity index (χ3v) is 9.05. The number of ether oxygens (including phenoxy) is 2. The van der Waals surface area contributed by atoms with Crippen LogP contribution < -0.4 is 5.73 Å². The molecule has 0 heterocycles. The summed E-state index contributed by atoms with van der Waals surface area (Å²) in [5.74, 6) is -2.50. The standard InChI is InChI=1S/C42H70NO11P/c1-3-5-6-7-8-9-10-13-18-21-24-27-30-33-41(46)54-38(35-52-55(49,50)53-36-39(43)42(47)48)34-51-40(45)32-29-26-23-20-17-15-12-11-14-16-19-22-25-28-31-37(44)4-2/h9-10,12,14-16,20,22-23,25,28,31,37-39,44H,3-8,11,13,17-19,21,24,26-27,29-30,32-36,43H2,1-2H3,(H,47,48)(H,49,50)/b10-9-,15-12-,16-14-,23-20-,25-22-,31-28+/t37-,38+,39-/m0/s1. The molecule has 0 aromatic heterocycles. The highest BCUT2D eigenvalue weighted by Crippen LogP contribution is 2.43. The molecule has 5 N–H and O–H groups in total. The van der Waals surface area contributed by atoms with Gasteiger partial charge in [0.1, 0.15) is 12.6 Å². The molecule has 0 aliphatic heterocycles. The maximum Gasteiger partial charge on any atom is 0.472 e. The molecule has 0 aliphatic rings. The molecule has 0 rings (SSSR count). The number of carboxylic acids is 1. The summed E-state index contributed by atoms with van der Waals surface area (Å²) in [7, 11) is -4.74. The van der Waals surface area contributed by atoms with Gasteiger partial charge in [-0.2, -0.15) is 0 Å².